The number of benzene rings is 3. The Bertz CT molecular complexity index is 887. The lowest BCUT2D eigenvalue weighted by Gasteiger charge is -2.20. The monoisotopic (exact) mass is 379 g/mol. The fourth-order valence-corrected chi connectivity index (χ4v) is 3.00. The highest BCUT2D eigenvalue weighted by Gasteiger charge is 2.17. The highest BCUT2D eigenvalue weighted by molar-refractivity contribution is 6.30. The number of methoxy groups -OCH3 is 1. The quantitative estimate of drug-likeness (QED) is 0.505. The Morgan fingerprint density at radius 2 is 1.59 bits per heavy atom. The van der Waals surface area contributed by atoms with Crippen molar-refractivity contribution in [2.24, 2.45) is 0 Å². The second-order valence-corrected chi connectivity index (χ2v) is 6.91. The summed E-state index contributed by atoms with van der Waals surface area (Å²) in [5, 5.41) is 4.13. The summed E-state index contributed by atoms with van der Waals surface area (Å²) in [7, 11) is 1.64. The number of carbonyl (C=O) groups is 1. The first-order valence-electron chi connectivity index (χ1n) is 8.81. The van der Waals surface area contributed by atoms with Crippen LogP contribution in [0.2, 0.25) is 5.02 Å². The van der Waals surface area contributed by atoms with Crippen molar-refractivity contribution >= 4 is 23.1 Å². The number of anilines is 1. The lowest BCUT2D eigenvalue weighted by atomic mass is 9.97. The Hall–Kier alpha value is -2.78. The summed E-state index contributed by atoms with van der Waals surface area (Å²) < 4.78 is 5.24. The van der Waals surface area contributed by atoms with E-state index in [9.17, 15) is 4.79 Å². The highest BCUT2D eigenvalue weighted by Crippen LogP contribution is 2.27. The number of carbonyl (C=O) groups excluding carboxylic acids is 1. The molecule has 1 N–H and O–H groups in total. The summed E-state index contributed by atoms with van der Waals surface area (Å²) in [6.07, 6.45) is 0.345. The molecule has 0 aliphatic heterocycles. The predicted molar refractivity (Wildman–Crippen MR) is 111 cm³/mol. The molecular weight excluding hydrogens is 358 g/mol. The van der Waals surface area contributed by atoms with Gasteiger partial charge in [0.1, 0.15) is 5.75 Å². The number of hydrogen-bond acceptors (Lipinski definition) is 3. The summed E-state index contributed by atoms with van der Waals surface area (Å²) in [5.74, 6) is 0.881. The van der Waals surface area contributed by atoms with Crippen LogP contribution in [0.4, 0.5) is 5.69 Å². The molecule has 3 aromatic rings. The van der Waals surface area contributed by atoms with E-state index in [2.05, 4.69) is 5.32 Å². The van der Waals surface area contributed by atoms with Crippen LogP contribution in [0.1, 0.15) is 33.9 Å². The van der Waals surface area contributed by atoms with Gasteiger partial charge in [-0.25, -0.2) is 0 Å². The second kappa shape index (κ2) is 8.74. The summed E-state index contributed by atoms with van der Waals surface area (Å²) in [6, 6.07) is 22.8. The van der Waals surface area contributed by atoms with Gasteiger partial charge in [0.25, 0.3) is 0 Å². The third-order valence-corrected chi connectivity index (χ3v) is 4.72. The second-order valence-electron chi connectivity index (χ2n) is 6.47. The number of ether oxygens (including phenoxy) is 1. The van der Waals surface area contributed by atoms with Crippen molar-refractivity contribution in [1.82, 2.24) is 0 Å². The van der Waals surface area contributed by atoms with Crippen LogP contribution < -0.4 is 10.1 Å². The lowest BCUT2D eigenvalue weighted by molar-refractivity contribution is 0.0976. The van der Waals surface area contributed by atoms with Gasteiger partial charge >= 0.3 is 0 Å². The molecule has 0 heterocycles. The van der Waals surface area contributed by atoms with E-state index in [1.54, 1.807) is 7.11 Å². The summed E-state index contributed by atoms with van der Waals surface area (Å²) in [5.41, 5.74) is 3.79. The van der Waals surface area contributed by atoms with Crippen LogP contribution in [-0.2, 0) is 0 Å². The zero-order valence-corrected chi connectivity index (χ0v) is 16.2. The zero-order valence-electron chi connectivity index (χ0n) is 15.4. The number of hydrogen-bond donors (Lipinski definition) is 1. The van der Waals surface area contributed by atoms with Gasteiger partial charge in [0, 0.05) is 22.7 Å². The van der Waals surface area contributed by atoms with Crippen LogP contribution >= 0.6 is 11.6 Å². The van der Waals surface area contributed by atoms with E-state index < -0.39 is 0 Å². The van der Waals surface area contributed by atoms with Crippen molar-refractivity contribution in [3.63, 3.8) is 0 Å². The van der Waals surface area contributed by atoms with Crippen LogP contribution in [0.25, 0.3) is 0 Å². The van der Waals surface area contributed by atoms with Crippen molar-refractivity contribution in [1.29, 1.82) is 0 Å². The molecule has 4 heteroatoms. The molecule has 3 rings (SSSR count). The van der Waals surface area contributed by atoms with E-state index in [0.717, 1.165) is 28.1 Å². The fourth-order valence-electron chi connectivity index (χ4n) is 2.88. The standard InChI is InChI=1S/C23H22ClNO2/c1-16-3-5-18(6-4-16)23(26)15-22(17-7-13-21(27-2)14-8-17)25-20-11-9-19(24)10-12-20/h3-14,22,25H,15H2,1-2H3. The van der Waals surface area contributed by atoms with Crippen LogP contribution in [0, 0.1) is 6.92 Å². The van der Waals surface area contributed by atoms with E-state index in [1.807, 2.05) is 79.7 Å². The Morgan fingerprint density at radius 3 is 2.19 bits per heavy atom. The van der Waals surface area contributed by atoms with Gasteiger partial charge in [-0.2, -0.15) is 0 Å². The van der Waals surface area contributed by atoms with Gasteiger partial charge in [-0.05, 0) is 48.9 Å². The largest absolute Gasteiger partial charge is 0.497 e. The molecule has 0 aliphatic rings. The number of ketones is 1. The van der Waals surface area contributed by atoms with E-state index in [4.69, 9.17) is 16.3 Å². The average Bonchev–Trinajstić information content (AvgIpc) is 2.69. The number of Topliss-reactive ketones (excluding diaryl/α,β-unsaturated/α-hetero) is 1. The molecule has 0 aromatic heterocycles. The molecule has 138 valence electrons. The summed E-state index contributed by atoms with van der Waals surface area (Å²) in [6.45, 7) is 2.01. The van der Waals surface area contributed by atoms with Crippen molar-refractivity contribution in [3.05, 3.63) is 94.5 Å². The van der Waals surface area contributed by atoms with Gasteiger partial charge in [0.05, 0.1) is 13.2 Å². The number of aryl methyl sites for hydroxylation is 1. The smallest absolute Gasteiger partial charge is 0.165 e. The molecule has 0 radical (unpaired) electrons. The molecule has 1 atom stereocenters. The van der Waals surface area contributed by atoms with Crippen molar-refractivity contribution in [2.75, 3.05) is 12.4 Å². The molecular formula is C23H22ClNO2. The minimum Gasteiger partial charge on any atom is -0.497 e. The topological polar surface area (TPSA) is 38.3 Å². The minimum atomic E-state index is -0.161. The molecule has 0 amide bonds. The minimum absolute atomic E-state index is 0.0947. The van der Waals surface area contributed by atoms with Gasteiger partial charge in [-0.1, -0.05) is 53.6 Å². The lowest BCUT2D eigenvalue weighted by Crippen LogP contribution is -2.16. The molecule has 0 aliphatic carbocycles. The first kappa shape index (κ1) is 19.0. The van der Waals surface area contributed by atoms with Crippen LogP contribution in [0.3, 0.4) is 0 Å². The fraction of sp³-hybridized carbons (Fsp3) is 0.174. The first-order valence-corrected chi connectivity index (χ1v) is 9.19. The number of nitrogens with one attached hydrogen (secondary N) is 1. The molecule has 0 saturated heterocycles. The van der Waals surface area contributed by atoms with Crippen molar-refractivity contribution < 1.29 is 9.53 Å². The van der Waals surface area contributed by atoms with Gasteiger partial charge < -0.3 is 10.1 Å². The molecule has 0 bridgehead atoms. The van der Waals surface area contributed by atoms with Crippen molar-refractivity contribution in [2.45, 2.75) is 19.4 Å². The third kappa shape index (κ3) is 5.11. The number of halogens is 1. The Balaban J connectivity index is 1.84. The molecule has 0 saturated carbocycles. The molecule has 0 spiro atoms. The summed E-state index contributed by atoms with van der Waals surface area (Å²) in [4.78, 5) is 12.8. The van der Waals surface area contributed by atoms with E-state index in [1.165, 1.54) is 0 Å². The molecule has 1 unspecified atom stereocenters. The maximum Gasteiger partial charge on any atom is 0.165 e. The van der Waals surface area contributed by atoms with Crippen LogP contribution in [0.5, 0.6) is 5.75 Å². The van der Waals surface area contributed by atoms with Crippen molar-refractivity contribution in [3.8, 4) is 5.75 Å². The SMILES string of the molecule is COc1ccc(C(CC(=O)c2ccc(C)cc2)Nc2ccc(Cl)cc2)cc1. The Kier molecular flexibility index (Phi) is 6.15. The summed E-state index contributed by atoms with van der Waals surface area (Å²) >= 11 is 5.98. The third-order valence-electron chi connectivity index (χ3n) is 4.47. The molecule has 3 aromatic carbocycles. The Labute approximate surface area is 164 Å². The van der Waals surface area contributed by atoms with E-state index in [0.29, 0.717) is 11.4 Å². The van der Waals surface area contributed by atoms with Gasteiger partial charge in [0.2, 0.25) is 0 Å². The first-order chi connectivity index (χ1) is 13.0. The highest BCUT2D eigenvalue weighted by atomic mass is 35.5. The maximum absolute atomic E-state index is 12.8. The van der Waals surface area contributed by atoms with Gasteiger partial charge in [-0.3, -0.25) is 4.79 Å². The molecule has 3 nitrogen and oxygen atoms in total. The van der Waals surface area contributed by atoms with Gasteiger partial charge in [0.15, 0.2) is 5.78 Å². The zero-order chi connectivity index (χ0) is 19.2. The maximum atomic E-state index is 12.8. The van der Waals surface area contributed by atoms with Gasteiger partial charge in [-0.15, -0.1) is 0 Å². The molecule has 0 fully saturated rings. The normalized spacial score (nSPS) is 11.7. The van der Waals surface area contributed by atoms with Crippen LogP contribution in [0.15, 0.2) is 72.8 Å². The van der Waals surface area contributed by atoms with E-state index >= 15 is 0 Å². The Morgan fingerprint density at radius 1 is 0.963 bits per heavy atom. The van der Waals surface area contributed by atoms with E-state index in [-0.39, 0.29) is 11.8 Å². The average molecular weight is 380 g/mol. The number of rotatable bonds is 7. The van der Waals surface area contributed by atoms with Crippen LogP contribution in [-0.4, -0.2) is 12.9 Å². The predicted octanol–water partition coefficient (Wildman–Crippen LogP) is 6.08. The molecule has 27 heavy (non-hydrogen) atoms.